The SMILES string of the molecule is Cc1ccc2c(CSc3cc(Cl)ccc3Cl)cc(=O)oc2c1. The third-order valence-electron chi connectivity index (χ3n) is 3.26. The maximum Gasteiger partial charge on any atom is 0.336 e. The standard InChI is InChI=1S/C17H12Cl2O2S/c1-10-2-4-13-11(7-17(20)21-15(13)6-10)9-22-16-8-12(18)3-5-14(16)19/h2-8H,9H2,1H3. The smallest absolute Gasteiger partial charge is 0.336 e. The summed E-state index contributed by atoms with van der Waals surface area (Å²) in [6, 6.07) is 12.7. The van der Waals surface area contributed by atoms with Crippen LogP contribution in [0.4, 0.5) is 0 Å². The minimum Gasteiger partial charge on any atom is -0.423 e. The van der Waals surface area contributed by atoms with Gasteiger partial charge in [0.25, 0.3) is 0 Å². The molecule has 0 bridgehead atoms. The molecule has 22 heavy (non-hydrogen) atoms. The highest BCUT2D eigenvalue weighted by Gasteiger charge is 2.08. The molecule has 0 fully saturated rings. The van der Waals surface area contributed by atoms with Crippen LogP contribution in [0, 0.1) is 6.92 Å². The van der Waals surface area contributed by atoms with E-state index in [-0.39, 0.29) is 5.63 Å². The zero-order valence-corrected chi connectivity index (χ0v) is 14.1. The molecular weight excluding hydrogens is 339 g/mol. The van der Waals surface area contributed by atoms with Gasteiger partial charge in [-0.3, -0.25) is 0 Å². The predicted octanol–water partition coefficient (Wildman–Crippen LogP) is 5.70. The van der Waals surface area contributed by atoms with Gasteiger partial charge in [0.2, 0.25) is 0 Å². The van der Waals surface area contributed by atoms with Crippen molar-refractivity contribution in [1.82, 2.24) is 0 Å². The molecule has 3 aromatic rings. The monoisotopic (exact) mass is 350 g/mol. The van der Waals surface area contributed by atoms with E-state index in [1.807, 2.05) is 31.2 Å². The van der Waals surface area contributed by atoms with E-state index in [0.29, 0.717) is 21.4 Å². The Bertz CT molecular complexity index is 903. The average Bonchev–Trinajstić information content (AvgIpc) is 2.47. The van der Waals surface area contributed by atoms with E-state index in [9.17, 15) is 4.79 Å². The minimum atomic E-state index is -0.342. The Balaban J connectivity index is 1.97. The molecule has 0 unspecified atom stereocenters. The lowest BCUT2D eigenvalue weighted by Crippen LogP contribution is -2.00. The van der Waals surface area contributed by atoms with Gasteiger partial charge in [0.05, 0.1) is 5.02 Å². The van der Waals surface area contributed by atoms with Crippen LogP contribution in [-0.4, -0.2) is 0 Å². The summed E-state index contributed by atoms with van der Waals surface area (Å²) in [7, 11) is 0. The van der Waals surface area contributed by atoms with Crippen LogP contribution in [0.5, 0.6) is 0 Å². The van der Waals surface area contributed by atoms with Crippen LogP contribution in [0.1, 0.15) is 11.1 Å². The van der Waals surface area contributed by atoms with Crippen molar-refractivity contribution in [3.05, 3.63) is 74.1 Å². The van der Waals surface area contributed by atoms with Crippen molar-refractivity contribution in [2.75, 3.05) is 0 Å². The molecule has 1 heterocycles. The Kier molecular flexibility index (Phi) is 4.48. The van der Waals surface area contributed by atoms with Crippen LogP contribution >= 0.6 is 35.0 Å². The number of fused-ring (bicyclic) bond motifs is 1. The van der Waals surface area contributed by atoms with E-state index in [0.717, 1.165) is 21.4 Å². The summed E-state index contributed by atoms with van der Waals surface area (Å²) in [5.41, 5.74) is 2.25. The van der Waals surface area contributed by atoms with Gasteiger partial charge in [-0.15, -0.1) is 11.8 Å². The molecule has 1 aromatic heterocycles. The van der Waals surface area contributed by atoms with Crippen molar-refractivity contribution in [3.63, 3.8) is 0 Å². The van der Waals surface area contributed by atoms with Crippen molar-refractivity contribution < 1.29 is 4.42 Å². The Morgan fingerprint density at radius 2 is 1.91 bits per heavy atom. The normalized spacial score (nSPS) is 11.0. The molecule has 112 valence electrons. The van der Waals surface area contributed by atoms with Gasteiger partial charge in [0, 0.05) is 27.1 Å². The van der Waals surface area contributed by atoms with Gasteiger partial charge in [0.1, 0.15) is 5.58 Å². The molecule has 0 saturated carbocycles. The van der Waals surface area contributed by atoms with Gasteiger partial charge in [-0.1, -0.05) is 35.3 Å². The Labute approximate surface area is 142 Å². The van der Waals surface area contributed by atoms with Crippen LogP contribution in [0.25, 0.3) is 11.0 Å². The molecule has 2 aromatic carbocycles. The lowest BCUT2D eigenvalue weighted by atomic mass is 10.1. The number of hydrogen-bond acceptors (Lipinski definition) is 3. The fraction of sp³-hybridized carbons (Fsp3) is 0.118. The van der Waals surface area contributed by atoms with Crippen LogP contribution < -0.4 is 5.63 Å². The molecule has 0 atom stereocenters. The highest BCUT2D eigenvalue weighted by molar-refractivity contribution is 7.98. The number of benzene rings is 2. The molecular formula is C17H12Cl2O2S. The van der Waals surface area contributed by atoms with Gasteiger partial charge < -0.3 is 4.42 Å². The van der Waals surface area contributed by atoms with E-state index in [2.05, 4.69) is 0 Å². The fourth-order valence-corrected chi connectivity index (χ4v) is 3.68. The first-order valence-electron chi connectivity index (χ1n) is 6.64. The first-order chi connectivity index (χ1) is 10.5. The van der Waals surface area contributed by atoms with Crippen molar-refractivity contribution >= 4 is 45.9 Å². The average molecular weight is 351 g/mol. The molecule has 0 radical (unpaired) electrons. The summed E-state index contributed by atoms with van der Waals surface area (Å²) >= 11 is 13.7. The highest BCUT2D eigenvalue weighted by atomic mass is 35.5. The van der Waals surface area contributed by atoms with E-state index < -0.39 is 0 Å². The van der Waals surface area contributed by atoms with Crippen molar-refractivity contribution in [2.24, 2.45) is 0 Å². The Morgan fingerprint density at radius 1 is 1.09 bits per heavy atom. The highest BCUT2D eigenvalue weighted by Crippen LogP contribution is 2.33. The van der Waals surface area contributed by atoms with E-state index in [1.165, 1.54) is 6.07 Å². The third-order valence-corrected chi connectivity index (χ3v) is 5.04. The summed E-state index contributed by atoms with van der Waals surface area (Å²) < 4.78 is 5.27. The summed E-state index contributed by atoms with van der Waals surface area (Å²) in [4.78, 5) is 12.6. The molecule has 0 saturated heterocycles. The number of aryl methyl sites for hydroxylation is 1. The van der Waals surface area contributed by atoms with Crippen LogP contribution in [-0.2, 0) is 5.75 Å². The van der Waals surface area contributed by atoms with Gasteiger partial charge >= 0.3 is 5.63 Å². The van der Waals surface area contributed by atoms with Crippen LogP contribution in [0.15, 0.2) is 56.6 Å². The van der Waals surface area contributed by atoms with Crippen molar-refractivity contribution in [3.8, 4) is 0 Å². The second kappa shape index (κ2) is 6.37. The molecule has 5 heteroatoms. The Morgan fingerprint density at radius 3 is 2.73 bits per heavy atom. The van der Waals surface area contributed by atoms with Crippen LogP contribution in [0.3, 0.4) is 0 Å². The number of halogens is 2. The van der Waals surface area contributed by atoms with Crippen molar-refractivity contribution in [1.29, 1.82) is 0 Å². The lowest BCUT2D eigenvalue weighted by Gasteiger charge is -2.07. The molecule has 0 aliphatic rings. The molecule has 0 aliphatic heterocycles. The van der Waals surface area contributed by atoms with E-state index >= 15 is 0 Å². The third kappa shape index (κ3) is 3.32. The fourth-order valence-electron chi connectivity index (χ4n) is 2.20. The van der Waals surface area contributed by atoms with Gasteiger partial charge in [-0.25, -0.2) is 4.79 Å². The number of hydrogen-bond donors (Lipinski definition) is 0. The second-order valence-electron chi connectivity index (χ2n) is 4.95. The summed E-state index contributed by atoms with van der Waals surface area (Å²) in [6.45, 7) is 1.96. The quantitative estimate of drug-likeness (QED) is 0.448. The largest absolute Gasteiger partial charge is 0.423 e. The van der Waals surface area contributed by atoms with Gasteiger partial charge in [0.15, 0.2) is 0 Å². The maximum absolute atomic E-state index is 11.7. The molecule has 0 amide bonds. The number of rotatable bonds is 3. The summed E-state index contributed by atoms with van der Waals surface area (Å²) in [5.74, 6) is 0.616. The molecule has 0 spiro atoms. The molecule has 0 aliphatic carbocycles. The minimum absolute atomic E-state index is 0.342. The zero-order chi connectivity index (χ0) is 15.7. The zero-order valence-electron chi connectivity index (χ0n) is 11.7. The first-order valence-corrected chi connectivity index (χ1v) is 8.38. The van der Waals surface area contributed by atoms with Crippen LogP contribution in [0.2, 0.25) is 10.0 Å². The molecule has 3 rings (SSSR count). The second-order valence-corrected chi connectivity index (χ2v) is 6.81. The topological polar surface area (TPSA) is 30.2 Å². The summed E-state index contributed by atoms with van der Waals surface area (Å²) in [5, 5.41) is 2.23. The molecule has 0 N–H and O–H groups in total. The Hall–Kier alpha value is -1.42. The molecule has 2 nitrogen and oxygen atoms in total. The summed E-state index contributed by atoms with van der Waals surface area (Å²) in [6.07, 6.45) is 0. The number of thioether (sulfide) groups is 1. The predicted molar refractivity (Wildman–Crippen MR) is 93.2 cm³/mol. The van der Waals surface area contributed by atoms with E-state index in [1.54, 1.807) is 23.9 Å². The first kappa shape index (κ1) is 15.5. The van der Waals surface area contributed by atoms with Crippen molar-refractivity contribution in [2.45, 2.75) is 17.6 Å². The van der Waals surface area contributed by atoms with Gasteiger partial charge in [-0.2, -0.15) is 0 Å². The van der Waals surface area contributed by atoms with Gasteiger partial charge in [-0.05, 0) is 42.3 Å². The lowest BCUT2D eigenvalue weighted by molar-refractivity contribution is 0.559. The van der Waals surface area contributed by atoms with E-state index in [4.69, 9.17) is 27.6 Å². The maximum atomic E-state index is 11.7.